The number of H-pyrrole nitrogens is 1. The summed E-state index contributed by atoms with van der Waals surface area (Å²) in [5, 5.41) is 10.4. The van der Waals surface area contributed by atoms with Gasteiger partial charge in [-0.05, 0) is 23.8 Å². The van der Waals surface area contributed by atoms with Crippen molar-refractivity contribution in [1.82, 2.24) is 4.98 Å². The van der Waals surface area contributed by atoms with Crippen molar-refractivity contribution in [1.29, 1.82) is 0 Å². The average Bonchev–Trinajstić information content (AvgIpc) is 2.47. The van der Waals surface area contributed by atoms with Crippen molar-refractivity contribution in [2.24, 2.45) is 0 Å². The number of ether oxygens (including phenoxy) is 1. The van der Waals surface area contributed by atoms with Gasteiger partial charge in [0.1, 0.15) is 18.1 Å². The van der Waals surface area contributed by atoms with Crippen LogP contribution in [0.1, 0.15) is 5.56 Å². The van der Waals surface area contributed by atoms with E-state index in [1.165, 1.54) is 6.07 Å². The van der Waals surface area contributed by atoms with Crippen LogP contribution in [0.2, 0.25) is 0 Å². The fourth-order valence-electron chi connectivity index (χ4n) is 2.07. The molecule has 0 atom stereocenters. The maximum Gasteiger partial charge on any atom is 0.248 e. The quantitative estimate of drug-likeness (QED) is 0.767. The zero-order chi connectivity index (χ0) is 13.9. The van der Waals surface area contributed by atoms with E-state index in [0.29, 0.717) is 23.3 Å². The van der Waals surface area contributed by atoms with Gasteiger partial charge in [-0.3, -0.25) is 4.79 Å². The normalized spacial score (nSPS) is 10.6. The molecule has 4 nitrogen and oxygen atoms in total. The molecule has 3 aromatic rings. The number of aromatic hydroxyl groups is 1. The molecule has 2 aromatic carbocycles. The maximum atomic E-state index is 11.4. The van der Waals surface area contributed by atoms with Crippen molar-refractivity contribution in [3.05, 3.63) is 70.5 Å². The lowest BCUT2D eigenvalue weighted by Crippen LogP contribution is -2.04. The van der Waals surface area contributed by atoms with Crippen molar-refractivity contribution in [2.45, 2.75) is 6.61 Å². The van der Waals surface area contributed by atoms with Crippen LogP contribution in [-0.4, -0.2) is 10.1 Å². The van der Waals surface area contributed by atoms with E-state index in [0.717, 1.165) is 5.56 Å². The molecule has 0 amide bonds. The lowest BCUT2D eigenvalue weighted by atomic mass is 10.2. The molecule has 1 aromatic heterocycles. The molecule has 0 radical (unpaired) electrons. The van der Waals surface area contributed by atoms with E-state index < -0.39 is 0 Å². The highest BCUT2D eigenvalue weighted by Gasteiger charge is 2.07. The van der Waals surface area contributed by atoms with E-state index in [1.54, 1.807) is 18.2 Å². The summed E-state index contributed by atoms with van der Waals surface area (Å²) in [6, 6.07) is 15.9. The second-order valence-corrected chi connectivity index (χ2v) is 4.47. The Hall–Kier alpha value is -2.75. The third-order valence-electron chi connectivity index (χ3n) is 3.07. The van der Waals surface area contributed by atoms with Gasteiger partial charge in [0.05, 0.1) is 5.52 Å². The van der Waals surface area contributed by atoms with Gasteiger partial charge in [0, 0.05) is 11.5 Å². The molecule has 0 saturated heterocycles. The fourth-order valence-corrected chi connectivity index (χ4v) is 2.07. The van der Waals surface area contributed by atoms with Gasteiger partial charge in [-0.1, -0.05) is 30.3 Å². The van der Waals surface area contributed by atoms with Crippen molar-refractivity contribution >= 4 is 10.9 Å². The summed E-state index contributed by atoms with van der Waals surface area (Å²) in [5.74, 6) is 0.655. The molecule has 4 heteroatoms. The summed E-state index contributed by atoms with van der Waals surface area (Å²) >= 11 is 0. The van der Waals surface area contributed by atoms with Crippen LogP contribution in [0, 0.1) is 0 Å². The van der Waals surface area contributed by atoms with Gasteiger partial charge < -0.3 is 14.8 Å². The Bertz CT molecular complexity index is 794. The van der Waals surface area contributed by atoms with Crippen LogP contribution in [0.25, 0.3) is 10.9 Å². The molecule has 0 spiro atoms. The number of nitrogens with one attached hydrogen (secondary N) is 1. The van der Waals surface area contributed by atoms with Gasteiger partial charge in [0.25, 0.3) is 0 Å². The molecule has 3 rings (SSSR count). The molecule has 0 bridgehead atoms. The van der Waals surface area contributed by atoms with E-state index in [1.807, 2.05) is 30.3 Å². The second-order valence-electron chi connectivity index (χ2n) is 4.47. The highest BCUT2D eigenvalue weighted by molar-refractivity contribution is 5.89. The largest absolute Gasteiger partial charge is 0.507 e. The molecule has 20 heavy (non-hydrogen) atoms. The van der Waals surface area contributed by atoms with Gasteiger partial charge in [-0.25, -0.2) is 0 Å². The molecular weight excluding hydrogens is 254 g/mol. The summed E-state index contributed by atoms with van der Waals surface area (Å²) in [6.45, 7) is 0.400. The van der Waals surface area contributed by atoms with Crippen molar-refractivity contribution in [2.75, 3.05) is 0 Å². The average molecular weight is 267 g/mol. The van der Waals surface area contributed by atoms with Gasteiger partial charge in [0.15, 0.2) is 0 Å². The highest BCUT2D eigenvalue weighted by Crippen LogP contribution is 2.30. The molecular formula is C16H13NO3. The zero-order valence-corrected chi connectivity index (χ0v) is 10.7. The number of rotatable bonds is 3. The van der Waals surface area contributed by atoms with Crippen LogP contribution in [-0.2, 0) is 6.61 Å². The maximum absolute atomic E-state index is 11.4. The predicted octanol–water partition coefficient (Wildman–Crippen LogP) is 2.81. The number of aromatic nitrogens is 1. The molecule has 0 aliphatic heterocycles. The molecule has 2 N–H and O–H groups in total. The smallest absolute Gasteiger partial charge is 0.248 e. The molecule has 1 heterocycles. The third kappa shape index (κ3) is 2.36. The van der Waals surface area contributed by atoms with E-state index in [9.17, 15) is 9.90 Å². The standard InChI is InChI=1S/C16H13NO3/c18-13-7-8-14(16-12(13)6-9-15(19)17-16)20-10-11-4-2-1-3-5-11/h1-9,18H,10H2,(H,17,19). The summed E-state index contributed by atoms with van der Waals surface area (Å²) in [4.78, 5) is 14.1. The van der Waals surface area contributed by atoms with E-state index >= 15 is 0 Å². The number of benzene rings is 2. The van der Waals surface area contributed by atoms with Crippen molar-refractivity contribution < 1.29 is 9.84 Å². The number of hydrogen-bond donors (Lipinski definition) is 2. The summed E-state index contributed by atoms with van der Waals surface area (Å²) < 4.78 is 5.73. The Morgan fingerprint density at radius 2 is 1.80 bits per heavy atom. The first kappa shape index (κ1) is 12.3. The number of pyridine rings is 1. The number of phenols is 1. The Kier molecular flexibility index (Phi) is 3.13. The van der Waals surface area contributed by atoms with E-state index in [2.05, 4.69) is 4.98 Å². The third-order valence-corrected chi connectivity index (χ3v) is 3.07. The molecule has 0 aliphatic rings. The van der Waals surface area contributed by atoms with E-state index in [4.69, 9.17) is 4.74 Å². The van der Waals surface area contributed by atoms with Crippen LogP contribution >= 0.6 is 0 Å². The molecule has 0 unspecified atom stereocenters. The molecule has 0 saturated carbocycles. The molecule has 0 fully saturated rings. The summed E-state index contributed by atoms with van der Waals surface area (Å²) in [6.07, 6.45) is 0. The summed E-state index contributed by atoms with van der Waals surface area (Å²) in [5.41, 5.74) is 1.31. The molecule has 100 valence electrons. The first-order valence-electron chi connectivity index (χ1n) is 6.26. The van der Waals surface area contributed by atoms with Gasteiger partial charge in [-0.15, -0.1) is 0 Å². The molecule has 0 aliphatic carbocycles. The Labute approximate surface area is 115 Å². The SMILES string of the molecule is O=c1ccc2c(O)ccc(OCc3ccccc3)c2[nH]1. The monoisotopic (exact) mass is 267 g/mol. The minimum Gasteiger partial charge on any atom is -0.507 e. The van der Waals surface area contributed by atoms with Crippen LogP contribution in [0.5, 0.6) is 11.5 Å². The first-order chi connectivity index (χ1) is 9.74. The Morgan fingerprint density at radius 3 is 2.60 bits per heavy atom. The number of phenolic OH excluding ortho intramolecular Hbond substituents is 1. The summed E-state index contributed by atoms with van der Waals surface area (Å²) in [7, 11) is 0. The van der Waals surface area contributed by atoms with E-state index in [-0.39, 0.29) is 11.3 Å². The minimum absolute atomic E-state index is 0.114. The lowest BCUT2D eigenvalue weighted by molar-refractivity contribution is 0.309. The Balaban J connectivity index is 1.97. The fraction of sp³-hybridized carbons (Fsp3) is 0.0625. The lowest BCUT2D eigenvalue weighted by Gasteiger charge is -2.10. The van der Waals surface area contributed by atoms with Gasteiger partial charge in [-0.2, -0.15) is 0 Å². The Morgan fingerprint density at radius 1 is 1.00 bits per heavy atom. The van der Waals surface area contributed by atoms with Crippen molar-refractivity contribution in [3.8, 4) is 11.5 Å². The predicted molar refractivity (Wildman–Crippen MR) is 77.0 cm³/mol. The number of fused-ring (bicyclic) bond motifs is 1. The van der Waals surface area contributed by atoms with Crippen LogP contribution in [0.3, 0.4) is 0 Å². The van der Waals surface area contributed by atoms with Crippen molar-refractivity contribution in [3.63, 3.8) is 0 Å². The van der Waals surface area contributed by atoms with Crippen LogP contribution < -0.4 is 10.3 Å². The minimum atomic E-state index is -0.229. The highest BCUT2D eigenvalue weighted by atomic mass is 16.5. The first-order valence-corrected chi connectivity index (χ1v) is 6.26. The van der Waals surface area contributed by atoms with Gasteiger partial charge >= 0.3 is 0 Å². The van der Waals surface area contributed by atoms with Crippen LogP contribution in [0.15, 0.2) is 59.4 Å². The van der Waals surface area contributed by atoms with Gasteiger partial charge in [0.2, 0.25) is 5.56 Å². The topological polar surface area (TPSA) is 62.3 Å². The number of hydrogen-bond acceptors (Lipinski definition) is 3. The van der Waals surface area contributed by atoms with Crippen LogP contribution in [0.4, 0.5) is 0 Å². The number of aromatic amines is 1. The zero-order valence-electron chi connectivity index (χ0n) is 10.7. The second kappa shape index (κ2) is 5.09.